The van der Waals surface area contributed by atoms with Crippen LogP contribution in [0.15, 0.2) is 24.3 Å². The maximum atomic E-state index is 6.30. The van der Waals surface area contributed by atoms with Crippen LogP contribution < -0.4 is 5.32 Å². The summed E-state index contributed by atoms with van der Waals surface area (Å²) in [5, 5.41) is 3.74. The van der Waals surface area contributed by atoms with Crippen LogP contribution >= 0.6 is 0 Å². The summed E-state index contributed by atoms with van der Waals surface area (Å²) in [7, 11) is 0. The molecule has 0 aromatic heterocycles. The van der Waals surface area contributed by atoms with Crippen molar-refractivity contribution in [2.45, 2.75) is 51.7 Å². The van der Waals surface area contributed by atoms with Gasteiger partial charge in [0.05, 0.1) is 11.6 Å². The molecule has 0 bridgehead atoms. The summed E-state index contributed by atoms with van der Waals surface area (Å²) >= 11 is 0. The Kier molecular flexibility index (Phi) is 6.22. The monoisotopic (exact) mass is 291 g/mol. The molecule has 3 nitrogen and oxygen atoms in total. The average molecular weight is 291 g/mol. The first kappa shape index (κ1) is 16.5. The summed E-state index contributed by atoms with van der Waals surface area (Å²) in [6.07, 6.45) is 3.04. The third kappa shape index (κ3) is 3.85. The van der Waals surface area contributed by atoms with Gasteiger partial charge in [-0.25, -0.2) is 0 Å². The predicted molar refractivity (Wildman–Crippen MR) is 86.6 cm³/mol. The number of aryl methyl sites for hydroxylation is 1. The van der Waals surface area contributed by atoms with Crippen LogP contribution in [-0.4, -0.2) is 32.0 Å². The van der Waals surface area contributed by atoms with Gasteiger partial charge in [-0.05, 0) is 37.9 Å². The van der Waals surface area contributed by atoms with Crippen molar-refractivity contribution in [1.82, 2.24) is 5.32 Å². The summed E-state index contributed by atoms with van der Waals surface area (Å²) in [6.45, 7) is 9.82. The van der Waals surface area contributed by atoms with Gasteiger partial charge >= 0.3 is 0 Å². The minimum atomic E-state index is -0.145. The van der Waals surface area contributed by atoms with Gasteiger partial charge in [-0.3, -0.25) is 0 Å². The molecule has 2 rings (SSSR count). The molecule has 1 heterocycles. The Morgan fingerprint density at radius 2 is 1.95 bits per heavy atom. The van der Waals surface area contributed by atoms with Crippen molar-refractivity contribution in [2.75, 3.05) is 26.4 Å². The molecule has 1 fully saturated rings. The van der Waals surface area contributed by atoms with Crippen LogP contribution in [0.5, 0.6) is 0 Å². The molecular weight excluding hydrogens is 262 g/mol. The Bertz CT molecular complexity index is 421. The third-order valence-corrected chi connectivity index (χ3v) is 4.39. The van der Waals surface area contributed by atoms with E-state index in [1.165, 1.54) is 11.1 Å². The molecule has 1 atom stereocenters. The molecule has 1 N–H and O–H groups in total. The molecule has 0 saturated carbocycles. The van der Waals surface area contributed by atoms with Crippen LogP contribution in [0, 0.1) is 6.92 Å². The SMILES string of the molecule is CCCNC(c1ccccc1C)C1(OCC)CCOCC1. The van der Waals surface area contributed by atoms with E-state index < -0.39 is 0 Å². The number of hydrogen-bond donors (Lipinski definition) is 1. The summed E-state index contributed by atoms with van der Waals surface area (Å²) in [4.78, 5) is 0. The fraction of sp³-hybridized carbons (Fsp3) is 0.667. The van der Waals surface area contributed by atoms with Crippen LogP contribution in [0.3, 0.4) is 0 Å². The zero-order chi connectivity index (χ0) is 15.1. The first-order valence-electron chi connectivity index (χ1n) is 8.24. The molecular formula is C18H29NO2. The van der Waals surface area contributed by atoms with Crippen LogP contribution in [0.1, 0.15) is 50.3 Å². The highest BCUT2D eigenvalue weighted by Gasteiger charge is 2.42. The topological polar surface area (TPSA) is 30.5 Å². The van der Waals surface area contributed by atoms with Crippen molar-refractivity contribution in [3.05, 3.63) is 35.4 Å². The zero-order valence-electron chi connectivity index (χ0n) is 13.7. The average Bonchev–Trinajstić information content (AvgIpc) is 2.50. The molecule has 0 radical (unpaired) electrons. The van der Waals surface area contributed by atoms with Gasteiger partial charge in [0.2, 0.25) is 0 Å². The van der Waals surface area contributed by atoms with Crippen molar-refractivity contribution in [3.8, 4) is 0 Å². The molecule has 1 saturated heterocycles. The van der Waals surface area contributed by atoms with Crippen LogP contribution in [0.2, 0.25) is 0 Å². The normalized spacial score (nSPS) is 19.4. The molecule has 0 spiro atoms. The maximum Gasteiger partial charge on any atom is 0.0919 e. The summed E-state index contributed by atoms with van der Waals surface area (Å²) in [5.74, 6) is 0. The van der Waals surface area contributed by atoms with Gasteiger partial charge in [-0.1, -0.05) is 31.2 Å². The van der Waals surface area contributed by atoms with Crippen LogP contribution in [0.25, 0.3) is 0 Å². The zero-order valence-corrected chi connectivity index (χ0v) is 13.7. The van der Waals surface area contributed by atoms with Gasteiger partial charge < -0.3 is 14.8 Å². The Morgan fingerprint density at radius 3 is 2.57 bits per heavy atom. The van der Waals surface area contributed by atoms with Gasteiger partial charge in [0.15, 0.2) is 0 Å². The van der Waals surface area contributed by atoms with E-state index in [0.29, 0.717) is 0 Å². The van der Waals surface area contributed by atoms with Crippen LogP contribution in [0.4, 0.5) is 0 Å². The molecule has 1 aromatic rings. The second-order valence-corrected chi connectivity index (χ2v) is 5.85. The number of benzene rings is 1. The summed E-state index contributed by atoms with van der Waals surface area (Å²) in [6, 6.07) is 8.89. The van der Waals surface area contributed by atoms with Gasteiger partial charge in [0, 0.05) is 32.7 Å². The Balaban J connectivity index is 2.34. The van der Waals surface area contributed by atoms with E-state index in [1.54, 1.807) is 0 Å². The van der Waals surface area contributed by atoms with E-state index in [1.807, 2.05) is 0 Å². The maximum absolute atomic E-state index is 6.30. The Morgan fingerprint density at radius 1 is 1.24 bits per heavy atom. The molecule has 1 aromatic carbocycles. The van der Waals surface area contributed by atoms with Gasteiger partial charge in [0.1, 0.15) is 0 Å². The highest BCUT2D eigenvalue weighted by atomic mass is 16.5. The number of rotatable bonds is 7. The molecule has 1 aliphatic heterocycles. The number of ether oxygens (including phenoxy) is 2. The highest BCUT2D eigenvalue weighted by molar-refractivity contribution is 5.31. The highest BCUT2D eigenvalue weighted by Crippen LogP contribution is 2.39. The lowest BCUT2D eigenvalue weighted by atomic mass is 9.80. The first-order chi connectivity index (χ1) is 10.2. The molecule has 0 aliphatic carbocycles. The lowest BCUT2D eigenvalue weighted by molar-refractivity contribution is -0.128. The van der Waals surface area contributed by atoms with E-state index in [-0.39, 0.29) is 11.6 Å². The molecule has 3 heteroatoms. The van der Waals surface area contributed by atoms with Crippen molar-refractivity contribution in [3.63, 3.8) is 0 Å². The summed E-state index contributed by atoms with van der Waals surface area (Å²) in [5.41, 5.74) is 2.55. The Labute approximate surface area is 129 Å². The molecule has 0 amide bonds. The molecule has 21 heavy (non-hydrogen) atoms. The van der Waals surface area contributed by atoms with E-state index in [2.05, 4.69) is 50.4 Å². The molecule has 1 aliphatic rings. The van der Waals surface area contributed by atoms with Gasteiger partial charge in [0.25, 0.3) is 0 Å². The van der Waals surface area contributed by atoms with Gasteiger partial charge in [-0.2, -0.15) is 0 Å². The molecule has 1 unspecified atom stereocenters. The second-order valence-electron chi connectivity index (χ2n) is 5.85. The second kappa shape index (κ2) is 7.92. The Hall–Kier alpha value is -0.900. The van der Waals surface area contributed by atoms with Crippen LogP contribution in [-0.2, 0) is 9.47 Å². The summed E-state index contributed by atoms with van der Waals surface area (Å²) < 4.78 is 11.9. The number of hydrogen-bond acceptors (Lipinski definition) is 3. The first-order valence-corrected chi connectivity index (χ1v) is 8.24. The van der Waals surface area contributed by atoms with Gasteiger partial charge in [-0.15, -0.1) is 0 Å². The molecule has 118 valence electrons. The number of nitrogens with one attached hydrogen (secondary N) is 1. The standard InChI is InChI=1S/C18H29NO2/c1-4-12-19-17(16-9-7-6-8-15(16)3)18(21-5-2)10-13-20-14-11-18/h6-9,17,19H,4-5,10-14H2,1-3H3. The fourth-order valence-electron chi connectivity index (χ4n) is 3.30. The van der Waals surface area contributed by atoms with E-state index in [4.69, 9.17) is 9.47 Å². The minimum absolute atomic E-state index is 0.145. The lowest BCUT2D eigenvalue weighted by Crippen LogP contribution is -2.50. The minimum Gasteiger partial charge on any atom is -0.381 e. The van der Waals surface area contributed by atoms with Crippen molar-refractivity contribution >= 4 is 0 Å². The predicted octanol–water partition coefficient (Wildman–Crippen LogP) is 3.62. The third-order valence-electron chi connectivity index (χ3n) is 4.39. The van der Waals surface area contributed by atoms with Crippen molar-refractivity contribution in [1.29, 1.82) is 0 Å². The van der Waals surface area contributed by atoms with E-state index in [0.717, 1.165) is 45.6 Å². The van der Waals surface area contributed by atoms with Crippen molar-refractivity contribution < 1.29 is 9.47 Å². The smallest absolute Gasteiger partial charge is 0.0919 e. The largest absolute Gasteiger partial charge is 0.381 e. The van der Waals surface area contributed by atoms with E-state index in [9.17, 15) is 0 Å². The fourth-order valence-corrected chi connectivity index (χ4v) is 3.30. The van der Waals surface area contributed by atoms with E-state index >= 15 is 0 Å². The lowest BCUT2D eigenvalue weighted by Gasteiger charge is -2.44. The van der Waals surface area contributed by atoms with Crippen molar-refractivity contribution in [2.24, 2.45) is 0 Å². The quantitative estimate of drug-likeness (QED) is 0.832.